The van der Waals surface area contributed by atoms with Crippen molar-refractivity contribution >= 4 is 11.6 Å². The average molecular weight is 329 g/mol. The number of rotatable bonds is 4. The zero-order valence-electron chi connectivity index (χ0n) is 13.2. The molecular weight excluding hydrogens is 310 g/mol. The van der Waals surface area contributed by atoms with Gasteiger partial charge in [-0.25, -0.2) is 0 Å². The minimum absolute atomic E-state index is 0.208. The molecule has 0 spiro atoms. The fourth-order valence-electron chi connectivity index (χ4n) is 2.98. The first kappa shape index (κ1) is 15.0. The maximum Gasteiger partial charge on any atom is 0.259 e. The van der Waals surface area contributed by atoms with Crippen molar-refractivity contribution in [3.05, 3.63) is 36.2 Å². The zero-order chi connectivity index (χ0) is 16.4. The second kappa shape index (κ2) is 6.52. The lowest BCUT2D eigenvalue weighted by Crippen LogP contribution is -2.20. The van der Waals surface area contributed by atoms with Gasteiger partial charge >= 0.3 is 0 Å². The molecule has 1 aromatic carbocycles. The number of hydrogen-bond donors (Lipinski definition) is 1. The molecule has 1 aromatic heterocycles. The molecule has 2 aliphatic rings. The number of amides is 1. The van der Waals surface area contributed by atoms with E-state index in [1.165, 1.54) is 0 Å². The Labute approximate surface area is 139 Å². The molecule has 0 unspecified atom stereocenters. The van der Waals surface area contributed by atoms with Gasteiger partial charge in [0.15, 0.2) is 11.5 Å². The summed E-state index contributed by atoms with van der Waals surface area (Å²) in [6.45, 7) is 2.45. The molecule has 1 atom stereocenters. The van der Waals surface area contributed by atoms with Crippen LogP contribution in [0.2, 0.25) is 0 Å². The first-order valence-corrected chi connectivity index (χ1v) is 8.13. The van der Waals surface area contributed by atoms with E-state index in [2.05, 4.69) is 10.4 Å². The Morgan fingerprint density at radius 3 is 3.08 bits per heavy atom. The van der Waals surface area contributed by atoms with Crippen molar-refractivity contribution in [1.29, 1.82) is 0 Å². The molecule has 3 heterocycles. The average Bonchev–Trinajstić information content (AvgIpc) is 3.27. The number of nitrogens with one attached hydrogen (secondary N) is 1. The number of ether oxygens (including phenoxy) is 3. The Bertz CT molecular complexity index is 737. The normalized spacial score (nSPS) is 19.2. The van der Waals surface area contributed by atoms with Gasteiger partial charge in [-0.2, -0.15) is 5.10 Å². The summed E-state index contributed by atoms with van der Waals surface area (Å²) in [4.78, 5) is 12.5. The SMILES string of the molecule is O=C(Nc1cnn(C[C@H]2CCCO2)c1)c1cccc2c1OCCO2. The highest BCUT2D eigenvalue weighted by atomic mass is 16.6. The van der Waals surface area contributed by atoms with Crippen molar-refractivity contribution in [2.45, 2.75) is 25.5 Å². The van der Waals surface area contributed by atoms with Crippen LogP contribution in [0.25, 0.3) is 0 Å². The van der Waals surface area contributed by atoms with E-state index in [0.717, 1.165) is 19.4 Å². The number of para-hydroxylation sites is 1. The van der Waals surface area contributed by atoms with E-state index in [9.17, 15) is 4.79 Å². The smallest absolute Gasteiger partial charge is 0.259 e. The summed E-state index contributed by atoms with van der Waals surface area (Å²) < 4.78 is 18.5. The fourth-order valence-corrected chi connectivity index (χ4v) is 2.98. The molecule has 0 saturated carbocycles. The quantitative estimate of drug-likeness (QED) is 0.929. The van der Waals surface area contributed by atoms with Crippen LogP contribution in [0.3, 0.4) is 0 Å². The third-order valence-electron chi connectivity index (χ3n) is 4.12. The Morgan fingerprint density at radius 2 is 2.21 bits per heavy atom. The van der Waals surface area contributed by atoms with Gasteiger partial charge in [-0.05, 0) is 25.0 Å². The summed E-state index contributed by atoms with van der Waals surface area (Å²) in [6.07, 6.45) is 5.80. The molecule has 126 valence electrons. The Kier molecular flexibility index (Phi) is 4.08. The van der Waals surface area contributed by atoms with Crippen LogP contribution in [-0.2, 0) is 11.3 Å². The molecule has 7 heteroatoms. The lowest BCUT2D eigenvalue weighted by atomic mass is 10.1. The summed E-state index contributed by atoms with van der Waals surface area (Å²) in [6, 6.07) is 5.30. The van der Waals surface area contributed by atoms with E-state index in [-0.39, 0.29) is 12.0 Å². The van der Waals surface area contributed by atoms with Crippen LogP contribution >= 0.6 is 0 Å². The number of anilines is 1. The van der Waals surface area contributed by atoms with Gasteiger partial charge in [0.05, 0.1) is 30.1 Å². The largest absolute Gasteiger partial charge is 0.486 e. The number of benzene rings is 1. The van der Waals surface area contributed by atoms with Crippen LogP contribution in [0, 0.1) is 0 Å². The molecule has 4 rings (SSSR count). The standard InChI is InChI=1S/C17H19N3O4/c21-17(14-4-1-5-15-16(14)24-8-7-23-15)19-12-9-18-20(10-12)11-13-3-2-6-22-13/h1,4-5,9-10,13H,2-3,6-8,11H2,(H,19,21)/t13-/m1/s1. The molecule has 2 aliphatic heterocycles. The first-order valence-electron chi connectivity index (χ1n) is 8.13. The lowest BCUT2D eigenvalue weighted by Gasteiger charge is -2.20. The molecule has 0 radical (unpaired) electrons. The minimum Gasteiger partial charge on any atom is -0.486 e. The van der Waals surface area contributed by atoms with E-state index in [1.807, 2.05) is 6.20 Å². The van der Waals surface area contributed by atoms with Gasteiger partial charge in [-0.15, -0.1) is 0 Å². The van der Waals surface area contributed by atoms with Crippen LogP contribution in [0.1, 0.15) is 23.2 Å². The molecule has 0 aliphatic carbocycles. The second-order valence-corrected chi connectivity index (χ2v) is 5.87. The van der Waals surface area contributed by atoms with Crippen molar-refractivity contribution in [2.75, 3.05) is 25.1 Å². The number of aromatic nitrogens is 2. The highest BCUT2D eigenvalue weighted by molar-refractivity contribution is 6.06. The zero-order valence-corrected chi connectivity index (χ0v) is 13.2. The van der Waals surface area contributed by atoms with E-state index in [0.29, 0.717) is 42.5 Å². The van der Waals surface area contributed by atoms with Gasteiger partial charge in [-0.3, -0.25) is 9.48 Å². The van der Waals surface area contributed by atoms with Gasteiger partial charge < -0.3 is 19.5 Å². The molecule has 24 heavy (non-hydrogen) atoms. The van der Waals surface area contributed by atoms with Crippen molar-refractivity contribution in [3.63, 3.8) is 0 Å². The number of hydrogen-bond acceptors (Lipinski definition) is 5. The van der Waals surface area contributed by atoms with Crippen molar-refractivity contribution in [3.8, 4) is 11.5 Å². The van der Waals surface area contributed by atoms with Crippen LogP contribution < -0.4 is 14.8 Å². The topological polar surface area (TPSA) is 74.6 Å². The summed E-state index contributed by atoms with van der Waals surface area (Å²) >= 11 is 0. The third-order valence-corrected chi connectivity index (χ3v) is 4.12. The van der Waals surface area contributed by atoms with Crippen LogP contribution in [0.4, 0.5) is 5.69 Å². The lowest BCUT2D eigenvalue weighted by molar-refractivity contribution is 0.0940. The van der Waals surface area contributed by atoms with E-state index >= 15 is 0 Å². The summed E-state index contributed by atoms with van der Waals surface area (Å²) in [5.41, 5.74) is 1.10. The Hall–Kier alpha value is -2.54. The molecule has 1 saturated heterocycles. The highest BCUT2D eigenvalue weighted by Gasteiger charge is 2.21. The Balaban J connectivity index is 1.45. The van der Waals surface area contributed by atoms with Gasteiger partial charge in [0.2, 0.25) is 0 Å². The molecule has 7 nitrogen and oxygen atoms in total. The maximum absolute atomic E-state index is 12.5. The molecule has 1 N–H and O–H groups in total. The number of carbonyl (C=O) groups is 1. The summed E-state index contributed by atoms with van der Waals surface area (Å²) in [7, 11) is 0. The second-order valence-electron chi connectivity index (χ2n) is 5.87. The molecule has 0 bridgehead atoms. The van der Waals surface area contributed by atoms with Gasteiger partial charge in [0.1, 0.15) is 13.2 Å². The first-order chi connectivity index (χ1) is 11.8. The van der Waals surface area contributed by atoms with Crippen molar-refractivity contribution in [1.82, 2.24) is 9.78 Å². The monoisotopic (exact) mass is 329 g/mol. The Morgan fingerprint density at radius 1 is 1.29 bits per heavy atom. The van der Waals surface area contributed by atoms with Crippen molar-refractivity contribution < 1.29 is 19.0 Å². The fraction of sp³-hybridized carbons (Fsp3) is 0.412. The van der Waals surface area contributed by atoms with E-state index in [1.54, 1.807) is 29.1 Å². The number of fused-ring (bicyclic) bond motifs is 1. The third kappa shape index (κ3) is 3.07. The molecule has 1 amide bonds. The van der Waals surface area contributed by atoms with Crippen molar-refractivity contribution in [2.24, 2.45) is 0 Å². The predicted octanol–water partition coefficient (Wildman–Crippen LogP) is 2.09. The van der Waals surface area contributed by atoms with Gasteiger partial charge in [-0.1, -0.05) is 6.07 Å². The van der Waals surface area contributed by atoms with Gasteiger partial charge in [0.25, 0.3) is 5.91 Å². The predicted molar refractivity (Wildman–Crippen MR) is 86.6 cm³/mol. The summed E-state index contributed by atoms with van der Waals surface area (Å²) in [5.74, 6) is 0.852. The van der Waals surface area contributed by atoms with Crippen LogP contribution in [0.5, 0.6) is 11.5 Å². The molecule has 1 fully saturated rings. The van der Waals surface area contributed by atoms with E-state index < -0.39 is 0 Å². The molecule has 2 aromatic rings. The summed E-state index contributed by atoms with van der Waals surface area (Å²) in [5, 5.41) is 7.13. The van der Waals surface area contributed by atoms with Crippen LogP contribution in [0.15, 0.2) is 30.6 Å². The van der Waals surface area contributed by atoms with Gasteiger partial charge in [0, 0.05) is 12.8 Å². The van der Waals surface area contributed by atoms with Crippen LogP contribution in [-0.4, -0.2) is 41.6 Å². The number of carbonyl (C=O) groups excluding carboxylic acids is 1. The minimum atomic E-state index is -0.242. The number of nitrogens with zero attached hydrogens (tertiary/aromatic N) is 2. The van der Waals surface area contributed by atoms with E-state index in [4.69, 9.17) is 14.2 Å². The maximum atomic E-state index is 12.5. The molecular formula is C17H19N3O4. The highest BCUT2D eigenvalue weighted by Crippen LogP contribution is 2.33.